The summed E-state index contributed by atoms with van der Waals surface area (Å²) in [6.07, 6.45) is 1.37. The Morgan fingerprint density at radius 3 is 2.50 bits per heavy atom. The van der Waals surface area contributed by atoms with Crippen molar-refractivity contribution in [2.75, 3.05) is 24.9 Å². The zero-order valence-corrected chi connectivity index (χ0v) is 15.0. The van der Waals surface area contributed by atoms with Crippen LogP contribution in [-0.2, 0) is 6.54 Å². The molecule has 3 aromatic rings. The summed E-state index contributed by atoms with van der Waals surface area (Å²) in [5.41, 5.74) is 0.579. The molecule has 0 unspecified atom stereocenters. The summed E-state index contributed by atoms with van der Waals surface area (Å²) in [5.74, 6) is -2.79. The Bertz CT molecular complexity index is 987. The summed E-state index contributed by atoms with van der Waals surface area (Å²) < 4.78 is 50.5. The van der Waals surface area contributed by atoms with Gasteiger partial charge in [-0.15, -0.1) is 5.10 Å². The predicted octanol–water partition coefficient (Wildman–Crippen LogP) is 3.66. The monoisotopic (exact) mass is 391 g/mol. The molecule has 0 spiro atoms. The first kappa shape index (κ1) is 19.2. The van der Waals surface area contributed by atoms with E-state index in [-0.39, 0.29) is 11.6 Å². The number of benzene rings is 2. The summed E-state index contributed by atoms with van der Waals surface area (Å²) in [6.45, 7) is 0.387. The van der Waals surface area contributed by atoms with Gasteiger partial charge in [0.1, 0.15) is 0 Å². The number of aromatic nitrogens is 3. The largest absolute Gasteiger partial charge is 0.493 e. The molecule has 0 aliphatic heterocycles. The summed E-state index contributed by atoms with van der Waals surface area (Å²) in [4.78, 5) is 4.12. The standard InChI is InChI=1S/C18H16F3N5O2/c1-27-13-6-3-10(7-14(13)28-2)8-22-15-9-23-26-18(25-15)24-12-5-4-11(19)16(20)17(12)21/h3-7,9H,8H2,1-2H3,(H2,22,24,25,26). The van der Waals surface area contributed by atoms with Crippen LogP contribution in [0.4, 0.5) is 30.6 Å². The van der Waals surface area contributed by atoms with Gasteiger partial charge in [0.2, 0.25) is 5.95 Å². The predicted molar refractivity (Wildman–Crippen MR) is 96.3 cm³/mol. The molecule has 28 heavy (non-hydrogen) atoms. The van der Waals surface area contributed by atoms with E-state index in [0.717, 1.165) is 17.7 Å². The topological polar surface area (TPSA) is 81.2 Å². The fourth-order valence-electron chi connectivity index (χ4n) is 2.37. The molecular weight excluding hydrogens is 375 g/mol. The average Bonchev–Trinajstić information content (AvgIpc) is 2.72. The number of nitrogens with zero attached hydrogens (tertiary/aromatic N) is 3. The summed E-state index contributed by atoms with van der Waals surface area (Å²) in [7, 11) is 3.09. The maximum Gasteiger partial charge on any atom is 0.249 e. The van der Waals surface area contributed by atoms with E-state index in [1.165, 1.54) is 6.20 Å². The van der Waals surface area contributed by atoms with E-state index in [1.807, 2.05) is 6.07 Å². The molecule has 3 rings (SSSR count). The van der Waals surface area contributed by atoms with Crippen LogP contribution in [0.25, 0.3) is 0 Å². The van der Waals surface area contributed by atoms with Crippen molar-refractivity contribution in [3.63, 3.8) is 0 Å². The highest BCUT2D eigenvalue weighted by molar-refractivity contribution is 5.55. The quantitative estimate of drug-likeness (QED) is 0.595. The van der Waals surface area contributed by atoms with Crippen molar-refractivity contribution in [1.82, 2.24) is 15.2 Å². The lowest BCUT2D eigenvalue weighted by atomic mass is 10.2. The minimum atomic E-state index is -1.58. The van der Waals surface area contributed by atoms with E-state index in [0.29, 0.717) is 23.9 Å². The minimum Gasteiger partial charge on any atom is -0.493 e. The number of hydrogen-bond donors (Lipinski definition) is 2. The van der Waals surface area contributed by atoms with Gasteiger partial charge >= 0.3 is 0 Å². The first-order chi connectivity index (χ1) is 13.5. The zero-order valence-electron chi connectivity index (χ0n) is 15.0. The zero-order chi connectivity index (χ0) is 20.1. The summed E-state index contributed by atoms with van der Waals surface area (Å²) in [6, 6.07) is 7.26. The molecule has 10 heteroatoms. The van der Waals surface area contributed by atoms with Crippen LogP contribution in [0.2, 0.25) is 0 Å². The van der Waals surface area contributed by atoms with Crippen molar-refractivity contribution < 1.29 is 22.6 Å². The number of rotatable bonds is 7. The van der Waals surface area contributed by atoms with Gasteiger partial charge in [-0.2, -0.15) is 10.1 Å². The molecule has 0 saturated carbocycles. The van der Waals surface area contributed by atoms with E-state index in [9.17, 15) is 13.2 Å². The molecule has 2 aromatic carbocycles. The van der Waals surface area contributed by atoms with Gasteiger partial charge in [0, 0.05) is 6.54 Å². The number of hydrogen-bond acceptors (Lipinski definition) is 7. The fraction of sp³-hybridized carbons (Fsp3) is 0.167. The fourth-order valence-corrected chi connectivity index (χ4v) is 2.37. The van der Waals surface area contributed by atoms with E-state index < -0.39 is 17.5 Å². The molecule has 0 saturated heterocycles. The van der Waals surface area contributed by atoms with Crippen LogP contribution in [0, 0.1) is 17.5 Å². The highest BCUT2D eigenvalue weighted by atomic mass is 19.2. The van der Waals surface area contributed by atoms with Gasteiger partial charge in [-0.05, 0) is 29.8 Å². The summed E-state index contributed by atoms with van der Waals surface area (Å²) in [5, 5.41) is 13.0. The van der Waals surface area contributed by atoms with Crippen molar-refractivity contribution in [2.24, 2.45) is 0 Å². The van der Waals surface area contributed by atoms with Crippen LogP contribution in [0.5, 0.6) is 11.5 Å². The van der Waals surface area contributed by atoms with Crippen molar-refractivity contribution in [2.45, 2.75) is 6.54 Å². The molecule has 1 aromatic heterocycles. The second-order valence-electron chi connectivity index (χ2n) is 5.56. The third-order valence-electron chi connectivity index (χ3n) is 3.76. The molecular formula is C18H16F3N5O2. The lowest BCUT2D eigenvalue weighted by molar-refractivity contribution is 0.354. The SMILES string of the molecule is COc1ccc(CNc2cnnc(Nc3ccc(F)c(F)c3F)n2)cc1OC. The van der Waals surface area contributed by atoms with Crippen molar-refractivity contribution in [3.05, 3.63) is 59.5 Å². The number of halogens is 3. The molecule has 0 aliphatic carbocycles. The maximum absolute atomic E-state index is 13.8. The molecule has 2 N–H and O–H groups in total. The normalized spacial score (nSPS) is 10.5. The molecule has 0 aliphatic rings. The Balaban J connectivity index is 1.71. The first-order valence-electron chi connectivity index (χ1n) is 8.07. The van der Waals surface area contributed by atoms with Gasteiger partial charge in [-0.1, -0.05) is 6.07 Å². The first-order valence-corrected chi connectivity index (χ1v) is 8.07. The Morgan fingerprint density at radius 1 is 0.964 bits per heavy atom. The molecule has 0 fully saturated rings. The highest BCUT2D eigenvalue weighted by Crippen LogP contribution is 2.28. The van der Waals surface area contributed by atoms with Gasteiger partial charge in [0.05, 0.1) is 26.1 Å². The van der Waals surface area contributed by atoms with Gasteiger partial charge < -0.3 is 20.1 Å². The van der Waals surface area contributed by atoms with Crippen LogP contribution in [-0.4, -0.2) is 29.4 Å². The third-order valence-corrected chi connectivity index (χ3v) is 3.76. The minimum absolute atomic E-state index is 0.0813. The molecule has 0 radical (unpaired) electrons. The van der Waals surface area contributed by atoms with Crippen LogP contribution >= 0.6 is 0 Å². The van der Waals surface area contributed by atoms with Crippen molar-refractivity contribution >= 4 is 17.5 Å². The summed E-state index contributed by atoms with van der Waals surface area (Å²) >= 11 is 0. The average molecular weight is 391 g/mol. The van der Waals surface area contributed by atoms with E-state index >= 15 is 0 Å². The Hall–Kier alpha value is -3.56. The van der Waals surface area contributed by atoms with Crippen LogP contribution < -0.4 is 20.1 Å². The molecule has 0 bridgehead atoms. The van der Waals surface area contributed by atoms with E-state index in [4.69, 9.17) is 9.47 Å². The van der Waals surface area contributed by atoms with Gasteiger partial charge in [0.15, 0.2) is 34.8 Å². The lowest BCUT2D eigenvalue weighted by Crippen LogP contribution is -2.07. The smallest absolute Gasteiger partial charge is 0.249 e. The molecule has 0 amide bonds. The second kappa shape index (κ2) is 8.42. The van der Waals surface area contributed by atoms with E-state index in [2.05, 4.69) is 25.8 Å². The Morgan fingerprint density at radius 2 is 1.75 bits per heavy atom. The van der Waals surface area contributed by atoms with Gasteiger partial charge in [0.25, 0.3) is 0 Å². The number of ether oxygens (including phenoxy) is 2. The number of methoxy groups -OCH3 is 2. The number of nitrogens with one attached hydrogen (secondary N) is 2. The second-order valence-corrected chi connectivity index (χ2v) is 5.56. The maximum atomic E-state index is 13.8. The van der Waals surface area contributed by atoms with E-state index in [1.54, 1.807) is 26.4 Å². The van der Waals surface area contributed by atoms with Gasteiger partial charge in [-0.3, -0.25) is 0 Å². The third kappa shape index (κ3) is 4.22. The van der Waals surface area contributed by atoms with Crippen LogP contribution in [0.3, 0.4) is 0 Å². The van der Waals surface area contributed by atoms with Crippen molar-refractivity contribution in [3.8, 4) is 11.5 Å². The molecule has 146 valence electrons. The lowest BCUT2D eigenvalue weighted by Gasteiger charge is -2.11. The van der Waals surface area contributed by atoms with Gasteiger partial charge in [-0.25, -0.2) is 13.2 Å². The van der Waals surface area contributed by atoms with Crippen molar-refractivity contribution in [1.29, 1.82) is 0 Å². The van der Waals surface area contributed by atoms with Crippen LogP contribution in [0.15, 0.2) is 36.5 Å². The molecule has 1 heterocycles. The Labute approximate surface area is 158 Å². The highest BCUT2D eigenvalue weighted by Gasteiger charge is 2.14. The Kier molecular flexibility index (Phi) is 5.78. The molecule has 0 atom stereocenters. The number of anilines is 3. The molecule has 7 nitrogen and oxygen atoms in total. The van der Waals surface area contributed by atoms with Crippen LogP contribution in [0.1, 0.15) is 5.56 Å².